The Hall–Kier alpha value is -0.530. The van der Waals surface area contributed by atoms with Gasteiger partial charge in [-0.2, -0.15) is 5.10 Å². The second-order valence-electron chi connectivity index (χ2n) is 3.51. The SMILES string of the molecule is CC(C)CN1CC(C)C=N1. The standard InChI is InChI=1S/C8H16N2/c1-7(2)5-10-6-8(3)4-9-10/h4,7-8H,5-6H2,1-3H3. The Morgan fingerprint density at radius 2 is 2.40 bits per heavy atom. The van der Waals surface area contributed by atoms with Crippen molar-refractivity contribution in [3.63, 3.8) is 0 Å². The molecular formula is C8H16N2. The summed E-state index contributed by atoms with van der Waals surface area (Å²) < 4.78 is 0. The molecule has 2 heteroatoms. The minimum atomic E-state index is 0.652. The quantitative estimate of drug-likeness (QED) is 0.568. The number of nitrogens with zero attached hydrogens (tertiary/aromatic N) is 2. The highest BCUT2D eigenvalue weighted by molar-refractivity contribution is 5.61. The molecule has 1 heterocycles. The van der Waals surface area contributed by atoms with E-state index < -0.39 is 0 Å². The van der Waals surface area contributed by atoms with Crippen LogP contribution in [0.5, 0.6) is 0 Å². The van der Waals surface area contributed by atoms with Crippen LogP contribution in [0.25, 0.3) is 0 Å². The predicted octanol–water partition coefficient (Wildman–Crippen LogP) is 1.58. The molecule has 0 N–H and O–H groups in total. The predicted molar refractivity (Wildman–Crippen MR) is 44.1 cm³/mol. The maximum atomic E-state index is 4.27. The summed E-state index contributed by atoms with van der Waals surface area (Å²) in [5.41, 5.74) is 0. The van der Waals surface area contributed by atoms with E-state index in [1.807, 2.05) is 6.21 Å². The molecule has 0 saturated heterocycles. The summed E-state index contributed by atoms with van der Waals surface area (Å²) in [7, 11) is 0. The van der Waals surface area contributed by atoms with Gasteiger partial charge < -0.3 is 0 Å². The molecule has 1 aliphatic heterocycles. The maximum Gasteiger partial charge on any atom is 0.0436 e. The topological polar surface area (TPSA) is 15.6 Å². The van der Waals surface area contributed by atoms with Gasteiger partial charge in [-0.05, 0) is 5.92 Å². The fourth-order valence-electron chi connectivity index (χ4n) is 1.18. The molecule has 0 amide bonds. The molecule has 1 atom stereocenters. The summed E-state index contributed by atoms with van der Waals surface area (Å²) >= 11 is 0. The lowest BCUT2D eigenvalue weighted by molar-refractivity contribution is 0.266. The van der Waals surface area contributed by atoms with Gasteiger partial charge in [-0.3, -0.25) is 5.01 Å². The van der Waals surface area contributed by atoms with Gasteiger partial charge in [0.25, 0.3) is 0 Å². The summed E-state index contributed by atoms with van der Waals surface area (Å²) in [6.45, 7) is 8.85. The minimum absolute atomic E-state index is 0.652. The van der Waals surface area contributed by atoms with Crippen molar-refractivity contribution in [2.45, 2.75) is 20.8 Å². The summed E-state index contributed by atoms with van der Waals surface area (Å²) in [6, 6.07) is 0. The first-order valence-corrected chi connectivity index (χ1v) is 3.97. The largest absolute Gasteiger partial charge is 0.296 e. The van der Waals surface area contributed by atoms with Crippen LogP contribution in [0, 0.1) is 11.8 Å². The third-order valence-electron chi connectivity index (χ3n) is 1.56. The minimum Gasteiger partial charge on any atom is -0.296 e. The normalized spacial score (nSPS) is 24.8. The molecule has 0 aromatic rings. The van der Waals surface area contributed by atoms with E-state index in [0.29, 0.717) is 5.92 Å². The first-order chi connectivity index (χ1) is 4.68. The molecule has 0 spiro atoms. The summed E-state index contributed by atoms with van der Waals surface area (Å²) in [5, 5.41) is 6.41. The van der Waals surface area contributed by atoms with Gasteiger partial charge in [-0.25, -0.2) is 0 Å². The van der Waals surface area contributed by atoms with Crippen molar-refractivity contribution in [3.05, 3.63) is 0 Å². The average molecular weight is 140 g/mol. The second kappa shape index (κ2) is 3.04. The Labute approximate surface area is 62.9 Å². The monoisotopic (exact) mass is 140 g/mol. The van der Waals surface area contributed by atoms with Crippen molar-refractivity contribution in [2.75, 3.05) is 13.1 Å². The zero-order valence-electron chi connectivity index (χ0n) is 7.04. The van der Waals surface area contributed by atoms with Crippen LogP contribution in [0.15, 0.2) is 5.10 Å². The Balaban J connectivity index is 2.26. The first kappa shape index (κ1) is 7.58. The molecule has 0 aromatic carbocycles. The van der Waals surface area contributed by atoms with Gasteiger partial charge in [-0.1, -0.05) is 20.8 Å². The van der Waals surface area contributed by atoms with Crippen LogP contribution in [0.2, 0.25) is 0 Å². The van der Waals surface area contributed by atoms with Crippen LogP contribution in [0.4, 0.5) is 0 Å². The van der Waals surface area contributed by atoms with Gasteiger partial charge in [0.05, 0.1) is 0 Å². The van der Waals surface area contributed by atoms with E-state index in [-0.39, 0.29) is 0 Å². The van der Waals surface area contributed by atoms with E-state index in [4.69, 9.17) is 0 Å². The summed E-state index contributed by atoms with van der Waals surface area (Å²) in [4.78, 5) is 0. The number of rotatable bonds is 2. The first-order valence-electron chi connectivity index (χ1n) is 3.97. The van der Waals surface area contributed by atoms with Gasteiger partial charge in [0.1, 0.15) is 0 Å². The third-order valence-corrected chi connectivity index (χ3v) is 1.56. The molecule has 0 bridgehead atoms. The lowest BCUT2D eigenvalue weighted by atomic mass is 10.2. The van der Waals surface area contributed by atoms with E-state index in [0.717, 1.165) is 19.0 Å². The van der Waals surface area contributed by atoms with Crippen LogP contribution in [-0.2, 0) is 0 Å². The fraction of sp³-hybridized carbons (Fsp3) is 0.875. The van der Waals surface area contributed by atoms with E-state index >= 15 is 0 Å². The molecule has 2 nitrogen and oxygen atoms in total. The van der Waals surface area contributed by atoms with Crippen molar-refractivity contribution in [3.8, 4) is 0 Å². The van der Waals surface area contributed by atoms with Crippen LogP contribution in [0.3, 0.4) is 0 Å². The zero-order valence-corrected chi connectivity index (χ0v) is 7.04. The second-order valence-corrected chi connectivity index (χ2v) is 3.51. The van der Waals surface area contributed by atoms with Crippen molar-refractivity contribution in [1.82, 2.24) is 5.01 Å². The van der Waals surface area contributed by atoms with Crippen LogP contribution >= 0.6 is 0 Å². The molecule has 10 heavy (non-hydrogen) atoms. The molecule has 1 rings (SSSR count). The number of hydrazone groups is 1. The molecule has 58 valence electrons. The van der Waals surface area contributed by atoms with E-state index in [2.05, 4.69) is 30.9 Å². The highest BCUT2D eigenvalue weighted by Gasteiger charge is 2.12. The van der Waals surface area contributed by atoms with E-state index in [1.165, 1.54) is 0 Å². The van der Waals surface area contributed by atoms with Gasteiger partial charge in [-0.15, -0.1) is 0 Å². The van der Waals surface area contributed by atoms with Crippen LogP contribution in [0.1, 0.15) is 20.8 Å². The summed E-state index contributed by atoms with van der Waals surface area (Å²) in [6.07, 6.45) is 2.03. The molecule has 1 aliphatic rings. The van der Waals surface area contributed by atoms with E-state index in [9.17, 15) is 0 Å². The Morgan fingerprint density at radius 3 is 2.80 bits per heavy atom. The van der Waals surface area contributed by atoms with Gasteiger partial charge in [0, 0.05) is 25.2 Å². The molecule has 1 unspecified atom stereocenters. The smallest absolute Gasteiger partial charge is 0.0436 e. The summed E-state index contributed by atoms with van der Waals surface area (Å²) in [5.74, 6) is 1.38. The molecule has 0 fully saturated rings. The Bertz CT molecular complexity index is 129. The highest BCUT2D eigenvalue weighted by atomic mass is 15.5. The molecule has 0 aromatic heterocycles. The Morgan fingerprint density at radius 1 is 1.70 bits per heavy atom. The van der Waals surface area contributed by atoms with Crippen LogP contribution in [-0.4, -0.2) is 24.3 Å². The fourth-order valence-corrected chi connectivity index (χ4v) is 1.18. The maximum absolute atomic E-state index is 4.27. The van der Waals surface area contributed by atoms with Gasteiger partial charge in [0.2, 0.25) is 0 Å². The lowest BCUT2D eigenvalue weighted by Gasteiger charge is -2.16. The highest BCUT2D eigenvalue weighted by Crippen LogP contribution is 2.08. The Kier molecular flexibility index (Phi) is 2.30. The number of hydrogen-bond donors (Lipinski definition) is 0. The van der Waals surface area contributed by atoms with Gasteiger partial charge in [0.15, 0.2) is 0 Å². The molecule has 0 saturated carbocycles. The van der Waals surface area contributed by atoms with Crippen molar-refractivity contribution >= 4 is 6.21 Å². The van der Waals surface area contributed by atoms with Crippen molar-refractivity contribution in [1.29, 1.82) is 0 Å². The average Bonchev–Trinajstić information content (AvgIpc) is 2.13. The van der Waals surface area contributed by atoms with E-state index in [1.54, 1.807) is 0 Å². The third kappa shape index (κ3) is 2.01. The molecule has 0 aliphatic carbocycles. The number of hydrogen-bond acceptors (Lipinski definition) is 2. The zero-order chi connectivity index (χ0) is 7.56. The van der Waals surface area contributed by atoms with Gasteiger partial charge >= 0.3 is 0 Å². The lowest BCUT2D eigenvalue weighted by Crippen LogP contribution is -2.21. The molecular weight excluding hydrogens is 124 g/mol. The van der Waals surface area contributed by atoms with Crippen molar-refractivity contribution < 1.29 is 0 Å². The van der Waals surface area contributed by atoms with Crippen molar-refractivity contribution in [2.24, 2.45) is 16.9 Å². The van der Waals surface area contributed by atoms with Crippen LogP contribution < -0.4 is 0 Å². The molecule has 0 radical (unpaired) electrons.